The summed E-state index contributed by atoms with van der Waals surface area (Å²) in [6, 6.07) is 9.55. The monoisotopic (exact) mass is 384 g/mol. The van der Waals surface area contributed by atoms with Crippen molar-refractivity contribution < 1.29 is 13.9 Å². The molecule has 0 aliphatic rings. The van der Waals surface area contributed by atoms with E-state index in [1.807, 2.05) is 0 Å². The molecule has 4 nitrogen and oxygen atoms in total. The van der Waals surface area contributed by atoms with E-state index >= 15 is 0 Å². The van der Waals surface area contributed by atoms with Crippen LogP contribution in [0.2, 0.25) is 15.1 Å². The molecule has 0 bridgehead atoms. The van der Waals surface area contributed by atoms with Crippen molar-refractivity contribution in [3.8, 4) is 11.5 Å². The van der Waals surface area contributed by atoms with Crippen LogP contribution >= 0.6 is 34.8 Å². The third-order valence-corrected chi connectivity index (χ3v) is 4.41. The molecule has 0 aliphatic heterocycles. The standard InChI is InChI=1S/C17H11Cl3O4/c1-22-10-2-3-15-11(5-10)9(4-17(21)24-15)8-23-16-7-13(19)12(18)6-14(16)20/h2-7H,8H2,1H3. The summed E-state index contributed by atoms with van der Waals surface area (Å²) in [5, 5.41) is 1.71. The Labute approximate surface area is 152 Å². The van der Waals surface area contributed by atoms with Crippen LogP contribution < -0.4 is 15.1 Å². The van der Waals surface area contributed by atoms with E-state index in [2.05, 4.69) is 0 Å². The molecular weight excluding hydrogens is 375 g/mol. The summed E-state index contributed by atoms with van der Waals surface area (Å²) in [7, 11) is 1.56. The number of rotatable bonds is 4. The van der Waals surface area contributed by atoms with Gasteiger partial charge in [0.2, 0.25) is 0 Å². The van der Waals surface area contributed by atoms with Gasteiger partial charge in [0.25, 0.3) is 0 Å². The molecule has 0 fully saturated rings. The minimum absolute atomic E-state index is 0.104. The van der Waals surface area contributed by atoms with Gasteiger partial charge in [-0.15, -0.1) is 0 Å². The quantitative estimate of drug-likeness (QED) is 0.449. The second-order valence-electron chi connectivity index (χ2n) is 4.94. The molecule has 3 rings (SSSR count). The highest BCUT2D eigenvalue weighted by molar-refractivity contribution is 6.43. The fourth-order valence-corrected chi connectivity index (χ4v) is 2.82. The van der Waals surface area contributed by atoms with Crippen molar-refractivity contribution in [2.45, 2.75) is 6.61 Å². The highest BCUT2D eigenvalue weighted by atomic mass is 35.5. The fourth-order valence-electron chi connectivity index (χ4n) is 2.22. The third-order valence-electron chi connectivity index (χ3n) is 3.39. The van der Waals surface area contributed by atoms with E-state index in [4.69, 9.17) is 48.7 Å². The minimum Gasteiger partial charge on any atom is -0.497 e. The molecule has 0 radical (unpaired) electrons. The molecule has 0 unspecified atom stereocenters. The molecule has 0 spiro atoms. The van der Waals surface area contributed by atoms with Crippen molar-refractivity contribution in [1.29, 1.82) is 0 Å². The van der Waals surface area contributed by atoms with Crippen molar-refractivity contribution in [3.05, 3.63) is 67.4 Å². The number of hydrogen-bond acceptors (Lipinski definition) is 4. The number of halogens is 3. The maximum absolute atomic E-state index is 11.7. The molecule has 0 saturated heterocycles. The first kappa shape index (κ1) is 17.0. The lowest BCUT2D eigenvalue weighted by atomic mass is 10.1. The van der Waals surface area contributed by atoms with Crippen LogP contribution in [0.25, 0.3) is 11.0 Å². The summed E-state index contributed by atoms with van der Waals surface area (Å²) in [6.45, 7) is 0.104. The SMILES string of the molecule is COc1ccc2oc(=O)cc(COc3cc(Cl)c(Cl)cc3Cl)c2c1. The average molecular weight is 386 g/mol. The lowest BCUT2D eigenvalue weighted by molar-refractivity contribution is 0.307. The Morgan fingerprint density at radius 3 is 2.50 bits per heavy atom. The molecule has 0 N–H and O–H groups in total. The zero-order chi connectivity index (χ0) is 17.3. The van der Waals surface area contributed by atoms with Crippen LogP contribution in [0.5, 0.6) is 11.5 Å². The van der Waals surface area contributed by atoms with E-state index in [1.165, 1.54) is 18.2 Å². The van der Waals surface area contributed by atoms with Crippen LogP contribution in [0.4, 0.5) is 0 Å². The Morgan fingerprint density at radius 1 is 1.00 bits per heavy atom. The van der Waals surface area contributed by atoms with E-state index in [9.17, 15) is 4.79 Å². The van der Waals surface area contributed by atoms with Crippen molar-refractivity contribution in [1.82, 2.24) is 0 Å². The molecule has 2 aromatic carbocycles. The first-order valence-corrected chi connectivity index (χ1v) is 7.99. The van der Waals surface area contributed by atoms with Crippen LogP contribution in [0.1, 0.15) is 5.56 Å². The molecule has 24 heavy (non-hydrogen) atoms. The molecule has 1 heterocycles. The van der Waals surface area contributed by atoms with Gasteiger partial charge in [0, 0.05) is 23.1 Å². The first-order valence-electron chi connectivity index (χ1n) is 6.86. The molecule has 7 heteroatoms. The molecule has 0 amide bonds. The second-order valence-corrected chi connectivity index (χ2v) is 6.16. The Hall–Kier alpha value is -1.88. The number of hydrogen-bond donors (Lipinski definition) is 0. The predicted molar refractivity (Wildman–Crippen MR) is 94.8 cm³/mol. The second kappa shape index (κ2) is 6.93. The van der Waals surface area contributed by atoms with Gasteiger partial charge in [-0.25, -0.2) is 4.79 Å². The Bertz CT molecular complexity index is 966. The summed E-state index contributed by atoms with van der Waals surface area (Å²) in [6.07, 6.45) is 0. The van der Waals surface area contributed by atoms with E-state index in [0.717, 1.165) is 0 Å². The molecular formula is C17H11Cl3O4. The van der Waals surface area contributed by atoms with Crippen LogP contribution in [0.3, 0.4) is 0 Å². The van der Waals surface area contributed by atoms with Crippen molar-refractivity contribution in [3.63, 3.8) is 0 Å². The summed E-state index contributed by atoms with van der Waals surface area (Å²) >= 11 is 18.0. The Balaban J connectivity index is 1.98. The molecule has 124 valence electrons. The van der Waals surface area contributed by atoms with Gasteiger partial charge in [0.15, 0.2) is 0 Å². The number of fused-ring (bicyclic) bond motifs is 1. The van der Waals surface area contributed by atoms with Crippen LogP contribution in [0, 0.1) is 0 Å². The topological polar surface area (TPSA) is 48.7 Å². The predicted octanol–water partition coefficient (Wildman–Crippen LogP) is 5.34. The van der Waals surface area contributed by atoms with E-state index in [0.29, 0.717) is 43.1 Å². The maximum Gasteiger partial charge on any atom is 0.336 e. The van der Waals surface area contributed by atoms with Crippen LogP contribution in [-0.4, -0.2) is 7.11 Å². The number of ether oxygens (including phenoxy) is 2. The molecule has 0 saturated carbocycles. The van der Waals surface area contributed by atoms with Crippen LogP contribution in [-0.2, 0) is 6.61 Å². The van der Waals surface area contributed by atoms with E-state index in [1.54, 1.807) is 25.3 Å². The van der Waals surface area contributed by atoms with Gasteiger partial charge < -0.3 is 13.9 Å². The summed E-state index contributed by atoms with van der Waals surface area (Å²) in [5.74, 6) is 1.01. The van der Waals surface area contributed by atoms with Gasteiger partial charge in [-0.05, 0) is 24.3 Å². The van der Waals surface area contributed by atoms with E-state index < -0.39 is 5.63 Å². The molecule has 0 atom stereocenters. The first-order chi connectivity index (χ1) is 11.5. The lowest BCUT2D eigenvalue weighted by Gasteiger charge is -2.11. The van der Waals surface area contributed by atoms with Crippen molar-refractivity contribution in [2.24, 2.45) is 0 Å². The van der Waals surface area contributed by atoms with Crippen molar-refractivity contribution in [2.75, 3.05) is 7.11 Å². The summed E-state index contributed by atoms with van der Waals surface area (Å²) in [4.78, 5) is 11.7. The smallest absolute Gasteiger partial charge is 0.336 e. The zero-order valence-corrected chi connectivity index (χ0v) is 14.7. The minimum atomic E-state index is -0.466. The zero-order valence-electron chi connectivity index (χ0n) is 12.4. The number of benzene rings is 2. The van der Waals surface area contributed by atoms with E-state index in [-0.39, 0.29) is 6.61 Å². The van der Waals surface area contributed by atoms with Gasteiger partial charge >= 0.3 is 5.63 Å². The van der Waals surface area contributed by atoms with Gasteiger partial charge in [-0.2, -0.15) is 0 Å². The largest absolute Gasteiger partial charge is 0.497 e. The van der Waals surface area contributed by atoms with Gasteiger partial charge in [-0.1, -0.05) is 34.8 Å². The van der Waals surface area contributed by atoms with Crippen molar-refractivity contribution >= 4 is 45.8 Å². The number of methoxy groups -OCH3 is 1. The highest BCUT2D eigenvalue weighted by Crippen LogP contribution is 2.34. The summed E-state index contributed by atoms with van der Waals surface area (Å²) < 4.78 is 16.1. The maximum atomic E-state index is 11.7. The summed E-state index contributed by atoms with van der Waals surface area (Å²) in [5.41, 5.74) is 0.621. The fraction of sp³-hybridized carbons (Fsp3) is 0.118. The van der Waals surface area contributed by atoms with Gasteiger partial charge in [0.05, 0.1) is 22.2 Å². The average Bonchev–Trinajstić information content (AvgIpc) is 2.56. The lowest BCUT2D eigenvalue weighted by Crippen LogP contribution is -2.04. The third kappa shape index (κ3) is 3.46. The normalized spacial score (nSPS) is 10.8. The van der Waals surface area contributed by atoms with Crippen LogP contribution in [0.15, 0.2) is 45.6 Å². The van der Waals surface area contributed by atoms with Gasteiger partial charge in [-0.3, -0.25) is 0 Å². The Kier molecular flexibility index (Phi) is 4.90. The highest BCUT2D eigenvalue weighted by Gasteiger charge is 2.11. The molecule has 0 aliphatic carbocycles. The Morgan fingerprint density at radius 2 is 1.75 bits per heavy atom. The molecule has 3 aromatic rings. The molecule has 1 aromatic heterocycles. The van der Waals surface area contributed by atoms with Gasteiger partial charge in [0.1, 0.15) is 23.7 Å².